The molecule has 4 N–H and O–H groups in total. The Morgan fingerprint density at radius 3 is 3.00 bits per heavy atom. The monoisotopic (exact) mass is 288 g/mol. The Hall–Kier alpha value is -0.830. The average molecular weight is 288 g/mol. The van der Waals surface area contributed by atoms with Gasteiger partial charge in [-0.15, -0.1) is 0 Å². The Labute approximate surface area is 111 Å². The zero-order valence-corrected chi connectivity index (χ0v) is 11.4. The third kappa shape index (κ3) is 3.14. The summed E-state index contributed by atoms with van der Waals surface area (Å²) in [6, 6.07) is 1.52. The number of aromatic nitrogens is 1. The largest absolute Gasteiger partial charge is 0.323 e. The van der Waals surface area contributed by atoms with E-state index in [2.05, 4.69) is 15.1 Å². The van der Waals surface area contributed by atoms with Gasteiger partial charge in [-0.3, -0.25) is 10.8 Å². The van der Waals surface area contributed by atoms with Gasteiger partial charge in [-0.25, -0.2) is 13.1 Å². The molecule has 0 bridgehead atoms. The summed E-state index contributed by atoms with van der Waals surface area (Å²) in [5.41, 5.74) is 2.72. The molecule has 0 aromatic carbocycles. The molecule has 1 atom stereocenters. The number of hydrogen-bond donors (Lipinski definition) is 3. The lowest BCUT2D eigenvalue weighted by Crippen LogP contribution is -2.38. The Kier molecular flexibility index (Phi) is 4.44. The molecule has 0 saturated carbocycles. The van der Waals surface area contributed by atoms with E-state index < -0.39 is 10.0 Å². The number of rotatable bonds is 4. The lowest BCUT2D eigenvalue weighted by molar-refractivity contribution is 0.543. The normalized spacial score (nSPS) is 20.6. The smallest absolute Gasteiger partial charge is 0.244 e. The van der Waals surface area contributed by atoms with Crippen molar-refractivity contribution in [3.8, 4) is 0 Å². The second-order valence-corrected chi connectivity index (χ2v) is 6.88. The first kappa shape index (κ1) is 13.6. The van der Waals surface area contributed by atoms with Crippen LogP contribution in [0.25, 0.3) is 0 Å². The van der Waals surface area contributed by atoms with Gasteiger partial charge in [-0.1, -0.05) is 0 Å². The minimum atomic E-state index is -3.57. The molecule has 0 aliphatic carbocycles. The van der Waals surface area contributed by atoms with E-state index in [0.717, 1.165) is 24.3 Å². The molecule has 6 nitrogen and oxygen atoms in total. The molecule has 1 aromatic rings. The van der Waals surface area contributed by atoms with Crippen LogP contribution in [0.2, 0.25) is 0 Å². The molecule has 1 aliphatic heterocycles. The predicted octanol–water partition coefficient (Wildman–Crippen LogP) is 0.541. The van der Waals surface area contributed by atoms with E-state index in [0.29, 0.717) is 5.69 Å². The van der Waals surface area contributed by atoms with Gasteiger partial charge in [-0.2, -0.15) is 11.8 Å². The molecule has 0 spiro atoms. The number of nitrogens with zero attached hydrogens (tertiary/aromatic N) is 1. The summed E-state index contributed by atoms with van der Waals surface area (Å²) in [5, 5.41) is 0. The number of thioether (sulfide) groups is 1. The van der Waals surface area contributed by atoms with E-state index in [-0.39, 0.29) is 10.9 Å². The van der Waals surface area contributed by atoms with Crippen molar-refractivity contribution in [2.75, 3.05) is 16.9 Å². The lowest BCUT2D eigenvalue weighted by atomic mass is 10.2. The number of anilines is 1. The fourth-order valence-corrected chi connectivity index (χ4v) is 4.39. The SMILES string of the molecule is NNc1ccncc1S(=O)(=O)NC1CCCSC1. The second-order valence-electron chi connectivity index (χ2n) is 4.05. The number of nitrogens with two attached hydrogens (primary N) is 1. The fourth-order valence-electron chi connectivity index (χ4n) is 1.83. The van der Waals surface area contributed by atoms with Crippen LogP contribution in [-0.4, -0.2) is 30.9 Å². The molecule has 1 saturated heterocycles. The van der Waals surface area contributed by atoms with Crippen LogP contribution < -0.4 is 16.0 Å². The summed E-state index contributed by atoms with van der Waals surface area (Å²) in [4.78, 5) is 3.92. The number of pyridine rings is 1. The van der Waals surface area contributed by atoms with Gasteiger partial charge in [-0.05, 0) is 24.7 Å². The maximum Gasteiger partial charge on any atom is 0.244 e. The van der Waals surface area contributed by atoms with Crippen LogP contribution >= 0.6 is 11.8 Å². The molecule has 1 aliphatic rings. The highest BCUT2D eigenvalue weighted by molar-refractivity contribution is 7.99. The molecule has 0 radical (unpaired) electrons. The summed E-state index contributed by atoms with van der Waals surface area (Å²) in [7, 11) is -3.57. The van der Waals surface area contributed by atoms with Crippen LogP contribution in [-0.2, 0) is 10.0 Å². The third-order valence-electron chi connectivity index (χ3n) is 2.71. The van der Waals surface area contributed by atoms with Gasteiger partial charge in [0.2, 0.25) is 10.0 Å². The van der Waals surface area contributed by atoms with Gasteiger partial charge in [0.25, 0.3) is 0 Å². The first-order chi connectivity index (χ1) is 8.63. The van der Waals surface area contributed by atoms with E-state index in [1.54, 1.807) is 11.8 Å². The Morgan fingerprint density at radius 2 is 2.33 bits per heavy atom. The number of nitrogens with one attached hydrogen (secondary N) is 2. The molecular weight excluding hydrogens is 272 g/mol. The zero-order chi connectivity index (χ0) is 13.0. The van der Waals surface area contributed by atoms with Crippen LogP contribution in [0.3, 0.4) is 0 Å². The number of hydrogen-bond acceptors (Lipinski definition) is 6. The highest BCUT2D eigenvalue weighted by Crippen LogP contribution is 2.22. The van der Waals surface area contributed by atoms with Crippen LogP contribution in [0.4, 0.5) is 5.69 Å². The zero-order valence-electron chi connectivity index (χ0n) is 9.80. The Morgan fingerprint density at radius 1 is 1.50 bits per heavy atom. The fraction of sp³-hybridized carbons (Fsp3) is 0.500. The molecule has 1 fully saturated rings. The quantitative estimate of drug-likeness (QED) is 0.553. The molecule has 18 heavy (non-hydrogen) atoms. The molecule has 1 unspecified atom stereocenters. The van der Waals surface area contributed by atoms with Gasteiger partial charge in [0, 0.05) is 24.2 Å². The first-order valence-electron chi connectivity index (χ1n) is 5.64. The number of sulfonamides is 1. The number of nitrogen functional groups attached to an aromatic ring is 1. The minimum absolute atomic E-state index is 0.0143. The predicted molar refractivity (Wildman–Crippen MR) is 72.7 cm³/mol. The van der Waals surface area contributed by atoms with Crippen LogP contribution in [0.15, 0.2) is 23.4 Å². The number of hydrazine groups is 1. The van der Waals surface area contributed by atoms with Crippen molar-refractivity contribution in [2.24, 2.45) is 5.84 Å². The molecule has 8 heteroatoms. The van der Waals surface area contributed by atoms with Gasteiger partial charge >= 0.3 is 0 Å². The van der Waals surface area contributed by atoms with Crippen molar-refractivity contribution in [3.63, 3.8) is 0 Å². The maximum atomic E-state index is 12.2. The highest BCUT2D eigenvalue weighted by Gasteiger charge is 2.24. The second kappa shape index (κ2) is 5.87. The molecular formula is C10H16N4O2S2. The third-order valence-corrected chi connectivity index (χ3v) is 5.48. The molecule has 1 aromatic heterocycles. The molecule has 2 rings (SSSR count). The van der Waals surface area contributed by atoms with Crippen molar-refractivity contribution >= 4 is 27.5 Å². The van der Waals surface area contributed by atoms with E-state index >= 15 is 0 Å². The van der Waals surface area contributed by atoms with E-state index in [1.165, 1.54) is 18.5 Å². The van der Waals surface area contributed by atoms with E-state index in [4.69, 9.17) is 5.84 Å². The van der Waals surface area contributed by atoms with Gasteiger partial charge in [0.05, 0.1) is 5.69 Å². The summed E-state index contributed by atoms with van der Waals surface area (Å²) >= 11 is 1.77. The summed E-state index contributed by atoms with van der Waals surface area (Å²) in [6.45, 7) is 0. The topological polar surface area (TPSA) is 97.1 Å². The molecule has 0 amide bonds. The summed E-state index contributed by atoms with van der Waals surface area (Å²) in [5.74, 6) is 7.21. The molecule has 2 heterocycles. The minimum Gasteiger partial charge on any atom is -0.323 e. The van der Waals surface area contributed by atoms with Crippen molar-refractivity contribution < 1.29 is 8.42 Å². The van der Waals surface area contributed by atoms with Crippen molar-refractivity contribution in [3.05, 3.63) is 18.5 Å². The Balaban J connectivity index is 2.19. The van der Waals surface area contributed by atoms with Gasteiger partial charge in [0.15, 0.2) is 0 Å². The van der Waals surface area contributed by atoms with E-state index in [9.17, 15) is 8.42 Å². The van der Waals surface area contributed by atoms with Crippen LogP contribution in [0, 0.1) is 0 Å². The molecule has 100 valence electrons. The van der Waals surface area contributed by atoms with E-state index in [1.807, 2.05) is 0 Å². The average Bonchev–Trinajstić information content (AvgIpc) is 2.39. The van der Waals surface area contributed by atoms with Crippen molar-refractivity contribution in [1.29, 1.82) is 0 Å². The highest BCUT2D eigenvalue weighted by atomic mass is 32.2. The van der Waals surface area contributed by atoms with Crippen molar-refractivity contribution in [2.45, 2.75) is 23.8 Å². The standard InChI is InChI=1S/C10H16N4O2S2/c11-13-9-3-4-12-6-10(9)18(15,16)14-8-2-1-5-17-7-8/h3-4,6,8,14H,1-2,5,7,11H2,(H,12,13). The Bertz CT molecular complexity index is 500. The maximum absolute atomic E-state index is 12.2. The first-order valence-corrected chi connectivity index (χ1v) is 8.28. The van der Waals surface area contributed by atoms with Crippen molar-refractivity contribution in [1.82, 2.24) is 9.71 Å². The summed E-state index contributed by atoms with van der Waals surface area (Å²) < 4.78 is 27.2. The lowest BCUT2D eigenvalue weighted by Gasteiger charge is -2.22. The van der Waals surface area contributed by atoms with Crippen LogP contribution in [0.5, 0.6) is 0 Å². The van der Waals surface area contributed by atoms with Gasteiger partial charge in [0.1, 0.15) is 4.90 Å². The van der Waals surface area contributed by atoms with Gasteiger partial charge < -0.3 is 5.43 Å². The summed E-state index contributed by atoms with van der Waals surface area (Å²) in [6.07, 6.45) is 4.70. The van der Waals surface area contributed by atoms with Crippen LogP contribution in [0.1, 0.15) is 12.8 Å².